The van der Waals surface area contributed by atoms with Crippen molar-refractivity contribution in [3.8, 4) is 0 Å². The largest absolute Gasteiger partial charge is 0.389 e. The van der Waals surface area contributed by atoms with Crippen LogP contribution in [-0.4, -0.2) is 17.3 Å². The normalized spacial score (nSPS) is 10.8. The van der Waals surface area contributed by atoms with Crippen LogP contribution in [0.25, 0.3) is 0 Å². The Kier molecular flexibility index (Phi) is 4.46. The van der Waals surface area contributed by atoms with Gasteiger partial charge in [-0.05, 0) is 25.5 Å². The van der Waals surface area contributed by atoms with Gasteiger partial charge >= 0.3 is 0 Å². The minimum absolute atomic E-state index is 0.111. The number of anilines is 1. The van der Waals surface area contributed by atoms with E-state index in [9.17, 15) is 9.18 Å². The van der Waals surface area contributed by atoms with Gasteiger partial charge in [0.1, 0.15) is 10.8 Å². The zero-order valence-electron chi connectivity index (χ0n) is 11.4. The van der Waals surface area contributed by atoms with Crippen LogP contribution in [0.1, 0.15) is 26.6 Å². The summed E-state index contributed by atoms with van der Waals surface area (Å²) in [6.07, 6.45) is 0. The van der Waals surface area contributed by atoms with Gasteiger partial charge in [0.05, 0.1) is 12.2 Å². The van der Waals surface area contributed by atoms with E-state index >= 15 is 0 Å². The van der Waals surface area contributed by atoms with E-state index in [0.29, 0.717) is 27.8 Å². The molecule has 0 aliphatic carbocycles. The number of nitrogens with one attached hydrogen (secondary N) is 1. The third-order valence-corrected chi connectivity index (χ3v) is 3.91. The highest BCUT2D eigenvalue weighted by Crippen LogP contribution is 2.20. The summed E-state index contributed by atoms with van der Waals surface area (Å²) in [5, 5.41) is 3.86. The lowest BCUT2D eigenvalue weighted by molar-refractivity contribution is 0.0990. The lowest BCUT2D eigenvalue weighted by Gasteiger charge is -2.05. The number of aromatic nitrogens is 1. The van der Waals surface area contributed by atoms with Crippen molar-refractivity contribution in [3.05, 3.63) is 45.8 Å². The molecule has 3 N–H and O–H groups in total. The molecular weight excluding hydrogens is 277 g/mol. The van der Waals surface area contributed by atoms with E-state index in [0.717, 1.165) is 5.56 Å². The molecule has 0 bridgehead atoms. The Labute approximate surface area is 120 Å². The average Bonchev–Trinajstić information content (AvgIpc) is 2.72. The number of ketones is 1. The van der Waals surface area contributed by atoms with Crippen LogP contribution in [0.4, 0.5) is 9.39 Å². The Bertz CT molecular complexity index is 620. The average molecular weight is 293 g/mol. The lowest BCUT2D eigenvalue weighted by Crippen LogP contribution is -2.23. The van der Waals surface area contributed by atoms with Crippen molar-refractivity contribution < 1.29 is 9.18 Å². The van der Waals surface area contributed by atoms with Crippen molar-refractivity contribution in [2.75, 3.05) is 12.3 Å². The van der Waals surface area contributed by atoms with Gasteiger partial charge in [-0.3, -0.25) is 4.79 Å². The summed E-state index contributed by atoms with van der Waals surface area (Å²) in [6.45, 7) is 4.01. The molecule has 106 valence electrons. The number of halogens is 1. The van der Waals surface area contributed by atoms with Gasteiger partial charge in [0.25, 0.3) is 0 Å². The van der Waals surface area contributed by atoms with Crippen molar-refractivity contribution in [3.63, 3.8) is 0 Å². The van der Waals surface area contributed by atoms with Gasteiger partial charge < -0.3 is 11.1 Å². The number of hydrogen-bond donors (Lipinski definition) is 2. The van der Waals surface area contributed by atoms with Crippen molar-refractivity contribution in [2.45, 2.75) is 20.4 Å². The molecule has 0 saturated carbocycles. The summed E-state index contributed by atoms with van der Waals surface area (Å²) >= 11 is 1.18. The molecule has 0 saturated heterocycles. The van der Waals surface area contributed by atoms with Crippen LogP contribution in [0, 0.1) is 19.7 Å². The highest BCUT2D eigenvalue weighted by atomic mass is 32.1. The first-order valence-electron chi connectivity index (χ1n) is 6.19. The van der Waals surface area contributed by atoms with Crippen LogP contribution in [0.2, 0.25) is 0 Å². The van der Waals surface area contributed by atoms with Crippen LogP contribution in [0.15, 0.2) is 18.2 Å². The predicted octanol–water partition coefficient (Wildman–Crippen LogP) is 2.45. The van der Waals surface area contributed by atoms with Gasteiger partial charge in [-0.1, -0.05) is 23.5 Å². The minimum Gasteiger partial charge on any atom is -0.389 e. The zero-order valence-corrected chi connectivity index (χ0v) is 12.2. The summed E-state index contributed by atoms with van der Waals surface area (Å²) in [4.78, 5) is 16.0. The van der Waals surface area contributed by atoms with Crippen molar-refractivity contribution in [1.29, 1.82) is 0 Å². The first-order valence-corrected chi connectivity index (χ1v) is 7.01. The standard InChI is InChI=1S/C14H16FN3OS/c1-8-3-4-10(11(15)5-8)6-17-7-12(19)14-18-9(2)13(16)20-14/h3-5,17H,6-7,16H2,1-2H3. The molecule has 0 unspecified atom stereocenters. The quantitative estimate of drug-likeness (QED) is 0.831. The lowest BCUT2D eigenvalue weighted by atomic mass is 10.1. The number of nitrogen functional groups attached to an aromatic ring is 1. The molecule has 0 spiro atoms. The van der Waals surface area contributed by atoms with E-state index in [4.69, 9.17) is 5.73 Å². The molecule has 0 aliphatic rings. The van der Waals surface area contributed by atoms with Gasteiger partial charge in [0.2, 0.25) is 5.78 Å². The van der Waals surface area contributed by atoms with Gasteiger partial charge in [-0.15, -0.1) is 0 Å². The molecule has 2 rings (SSSR count). The van der Waals surface area contributed by atoms with Gasteiger partial charge in [-0.2, -0.15) is 0 Å². The first-order chi connectivity index (χ1) is 9.47. The molecule has 0 radical (unpaired) electrons. The number of carbonyl (C=O) groups excluding carboxylic acids is 1. The number of nitrogens with two attached hydrogens (primary N) is 1. The zero-order chi connectivity index (χ0) is 14.7. The molecule has 2 aromatic rings. The SMILES string of the molecule is Cc1ccc(CNCC(=O)c2nc(C)c(N)s2)c(F)c1. The number of rotatable bonds is 5. The van der Waals surface area contributed by atoms with E-state index in [1.807, 2.05) is 13.0 Å². The fourth-order valence-electron chi connectivity index (χ4n) is 1.71. The number of nitrogens with zero attached hydrogens (tertiary/aromatic N) is 1. The molecule has 0 atom stereocenters. The number of carbonyl (C=O) groups is 1. The van der Waals surface area contributed by atoms with Gasteiger partial charge in [0, 0.05) is 12.1 Å². The molecule has 0 fully saturated rings. The second-order valence-corrected chi connectivity index (χ2v) is 5.62. The predicted molar refractivity (Wildman–Crippen MR) is 78.4 cm³/mol. The van der Waals surface area contributed by atoms with Crippen molar-refractivity contribution >= 4 is 22.1 Å². The third-order valence-electron chi connectivity index (χ3n) is 2.88. The van der Waals surface area contributed by atoms with E-state index in [1.54, 1.807) is 13.0 Å². The fraction of sp³-hybridized carbons (Fsp3) is 0.286. The summed E-state index contributed by atoms with van der Waals surface area (Å²) < 4.78 is 13.6. The Morgan fingerprint density at radius 2 is 2.20 bits per heavy atom. The summed E-state index contributed by atoms with van der Waals surface area (Å²) in [6, 6.07) is 5.03. The van der Waals surface area contributed by atoms with Crippen molar-refractivity contribution in [2.24, 2.45) is 0 Å². The molecule has 20 heavy (non-hydrogen) atoms. The van der Waals surface area contributed by atoms with Crippen molar-refractivity contribution in [1.82, 2.24) is 10.3 Å². The Balaban J connectivity index is 1.91. The Morgan fingerprint density at radius 3 is 2.80 bits per heavy atom. The number of benzene rings is 1. The monoisotopic (exact) mass is 293 g/mol. The van der Waals surface area contributed by atoms with Gasteiger partial charge in [-0.25, -0.2) is 9.37 Å². The topological polar surface area (TPSA) is 68.0 Å². The number of Topliss-reactive ketones (excluding diaryl/α,β-unsaturated/α-hetero) is 1. The maximum absolute atomic E-state index is 13.6. The highest BCUT2D eigenvalue weighted by molar-refractivity contribution is 7.17. The Morgan fingerprint density at radius 1 is 1.45 bits per heavy atom. The molecular formula is C14H16FN3OS. The smallest absolute Gasteiger partial charge is 0.205 e. The fourth-order valence-corrected chi connectivity index (χ4v) is 2.48. The first kappa shape index (κ1) is 14.6. The maximum atomic E-state index is 13.6. The van der Waals surface area contributed by atoms with Crippen LogP contribution >= 0.6 is 11.3 Å². The van der Waals surface area contributed by atoms with Gasteiger partial charge in [0.15, 0.2) is 5.01 Å². The minimum atomic E-state index is -0.265. The van der Waals surface area contributed by atoms with E-state index in [2.05, 4.69) is 10.3 Å². The molecule has 0 aliphatic heterocycles. The van der Waals surface area contributed by atoms with Crippen LogP contribution in [-0.2, 0) is 6.54 Å². The van der Waals surface area contributed by atoms with E-state index < -0.39 is 0 Å². The van der Waals surface area contributed by atoms with Crippen LogP contribution in [0.5, 0.6) is 0 Å². The number of aryl methyl sites for hydroxylation is 2. The van der Waals surface area contributed by atoms with Crippen LogP contribution in [0.3, 0.4) is 0 Å². The molecule has 0 amide bonds. The Hall–Kier alpha value is -1.79. The van der Waals surface area contributed by atoms with Crippen LogP contribution < -0.4 is 11.1 Å². The number of thiazole rings is 1. The van der Waals surface area contributed by atoms with E-state index in [-0.39, 0.29) is 18.1 Å². The molecule has 1 aromatic heterocycles. The number of hydrogen-bond acceptors (Lipinski definition) is 5. The highest BCUT2D eigenvalue weighted by Gasteiger charge is 2.12. The third kappa shape index (κ3) is 3.40. The molecule has 6 heteroatoms. The summed E-state index contributed by atoms with van der Waals surface area (Å²) in [5.74, 6) is -0.401. The second kappa shape index (κ2) is 6.11. The molecule has 4 nitrogen and oxygen atoms in total. The molecule has 1 aromatic carbocycles. The summed E-state index contributed by atoms with van der Waals surface area (Å²) in [5.41, 5.74) is 7.75. The maximum Gasteiger partial charge on any atom is 0.205 e. The second-order valence-electron chi connectivity index (χ2n) is 4.59. The van der Waals surface area contributed by atoms with E-state index in [1.165, 1.54) is 17.4 Å². The summed E-state index contributed by atoms with van der Waals surface area (Å²) in [7, 11) is 0. The molecule has 1 heterocycles.